The van der Waals surface area contributed by atoms with Gasteiger partial charge in [-0.1, -0.05) is 0 Å². The van der Waals surface area contributed by atoms with Crippen molar-refractivity contribution in [2.24, 2.45) is 5.73 Å². The van der Waals surface area contributed by atoms with Crippen molar-refractivity contribution < 1.29 is 4.74 Å². The maximum atomic E-state index is 5.59. The summed E-state index contributed by atoms with van der Waals surface area (Å²) in [6.45, 7) is 3.73. The van der Waals surface area contributed by atoms with Crippen LogP contribution in [0.15, 0.2) is 12.3 Å². The Bertz CT molecular complexity index is 518. The zero-order valence-electron chi connectivity index (χ0n) is 9.52. The fraction of sp³-hybridized carbons (Fsp3) is 0.455. The van der Waals surface area contributed by atoms with Gasteiger partial charge in [0.05, 0.1) is 25.4 Å². The molecular formula is C11H15N5O. The summed E-state index contributed by atoms with van der Waals surface area (Å²) in [5.41, 5.74) is 8.42. The molecule has 3 rings (SSSR count). The average molecular weight is 233 g/mol. The molecule has 2 aromatic rings. The quantitative estimate of drug-likeness (QED) is 0.777. The first-order valence-electron chi connectivity index (χ1n) is 5.75. The molecule has 0 amide bonds. The molecule has 6 heteroatoms. The number of rotatable bonds is 2. The van der Waals surface area contributed by atoms with Crippen molar-refractivity contribution >= 4 is 16.9 Å². The SMILES string of the molecule is NCc1nc2nccc(N3CCOCC3)c2[nH]1. The summed E-state index contributed by atoms with van der Waals surface area (Å²) in [7, 11) is 0. The molecule has 6 nitrogen and oxygen atoms in total. The predicted octanol–water partition coefficient (Wildman–Crippen LogP) is 0.253. The van der Waals surface area contributed by atoms with Gasteiger partial charge in [0, 0.05) is 19.3 Å². The summed E-state index contributed by atoms with van der Waals surface area (Å²) < 4.78 is 5.36. The van der Waals surface area contributed by atoms with Gasteiger partial charge in [0.1, 0.15) is 11.3 Å². The number of H-pyrrole nitrogens is 1. The van der Waals surface area contributed by atoms with Crippen LogP contribution in [0.4, 0.5) is 5.69 Å². The van der Waals surface area contributed by atoms with Gasteiger partial charge in [-0.05, 0) is 6.07 Å². The second-order valence-corrected chi connectivity index (χ2v) is 4.02. The van der Waals surface area contributed by atoms with Gasteiger partial charge in [-0.2, -0.15) is 0 Å². The minimum Gasteiger partial charge on any atom is -0.378 e. The lowest BCUT2D eigenvalue weighted by molar-refractivity contribution is 0.123. The van der Waals surface area contributed by atoms with Crippen molar-refractivity contribution in [2.75, 3.05) is 31.2 Å². The molecule has 0 spiro atoms. The van der Waals surface area contributed by atoms with E-state index in [1.54, 1.807) is 6.20 Å². The van der Waals surface area contributed by atoms with Gasteiger partial charge >= 0.3 is 0 Å². The number of morpholine rings is 1. The summed E-state index contributed by atoms with van der Waals surface area (Å²) in [5.74, 6) is 0.771. The molecule has 0 aromatic carbocycles. The van der Waals surface area contributed by atoms with Gasteiger partial charge < -0.3 is 20.4 Å². The van der Waals surface area contributed by atoms with Crippen molar-refractivity contribution in [3.05, 3.63) is 18.1 Å². The first-order valence-corrected chi connectivity index (χ1v) is 5.75. The van der Waals surface area contributed by atoms with E-state index < -0.39 is 0 Å². The monoisotopic (exact) mass is 233 g/mol. The third kappa shape index (κ3) is 1.85. The van der Waals surface area contributed by atoms with Crippen molar-refractivity contribution in [1.29, 1.82) is 0 Å². The Morgan fingerprint density at radius 3 is 3.00 bits per heavy atom. The molecular weight excluding hydrogens is 218 g/mol. The van der Waals surface area contributed by atoms with Gasteiger partial charge in [-0.15, -0.1) is 0 Å². The van der Waals surface area contributed by atoms with Crippen LogP contribution >= 0.6 is 0 Å². The summed E-state index contributed by atoms with van der Waals surface area (Å²) in [5, 5.41) is 0. The molecule has 0 radical (unpaired) electrons. The highest BCUT2D eigenvalue weighted by molar-refractivity contribution is 5.86. The van der Waals surface area contributed by atoms with Crippen LogP contribution in [0.2, 0.25) is 0 Å². The zero-order valence-corrected chi connectivity index (χ0v) is 9.52. The van der Waals surface area contributed by atoms with E-state index in [1.807, 2.05) is 6.07 Å². The highest BCUT2D eigenvalue weighted by Crippen LogP contribution is 2.24. The number of nitrogens with one attached hydrogen (secondary N) is 1. The van der Waals surface area contributed by atoms with Gasteiger partial charge in [-0.3, -0.25) is 0 Å². The number of imidazole rings is 1. The molecule has 1 fully saturated rings. The first kappa shape index (κ1) is 10.5. The number of aromatic amines is 1. The van der Waals surface area contributed by atoms with Crippen molar-refractivity contribution in [3.8, 4) is 0 Å². The van der Waals surface area contributed by atoms with Crippen LogP contribution in [0.25, 0.3) is 11.2 Å². The lowest BCUT2D eigenvalue weighted by atomic mass is 10.3. The normalized spacial score (nSPS) is 16.6. The fourth-order valence-electron chi connectivity index (χ4n) is 2.11. The van der Waals surface area contributed by atoms with Crippen LogP contribution in [0.5, 0.6) is 0 Å². The summed E-state index contributed by atoms with van der Waals surface area (Å²) in [6.07, 6.45) is 1.79. The number of nitrogens with zero attached hydrogens (tertiary/aromatic N) is 3. The minimum absolute atomic E-state index is 0.402. The molecule has 1 aliphatic rings. The van der Waals surface area contributed by atoms with Crippen LogP contribution in [-0.4, -0.2) is 41.3 Å². The van der Waals surface area contributed by atoms with E-state index in [1.165, 1.54) is 0 Å². The Morgan fingerprint density at radius 2 is 2.24 bits per heavy atom. The van der Waals surface area contributed by atoms with Crippen LogP contribution in [-0.2, 0) is 11.3 Å². The standard InChI is InChI=1S/C11H15N5O/c12-7-9-14-10-8(1-2-13-11(10)15-9)16-3-5-17-6-4-16/h1-2H,3-7,12H2,(H,13,14,15). The van der Waals surface area contributed by atoms with Crippen LogP contribution in [0.1, 0.15) is 5.82 Å². The highest BCUT2D eigenvalue weighted by atomic mass is 16.5. The molecule has 0 unspecified atom stereocenters. The summed E-state index contributed by atoms with van der Waals surface area (Å²) in [4.78, 5) is 14.1. The van der Waals surface area contributed by atoms with E-state index in [4.69, 9.17) is 10.5 Å². The average Bonchev–Trinajstić information content (AvgIpc) is 2.82. The van der Waals surface area contributed by atoms with Gasteiger partial charge in [0.2, 0.25) is 0 Å². The van der Waals surface area contributed by atoms with E-state index >= 15 is 0 Å². The molecule has 0 atom stereocenters. The third-order valence-electron chi connectivity index (χ3n) is 2.96. The number of anilines is 1. The van der Waals surface area contributed by atoms with E-state index in [-0.39, 0.29) is 0 Å². The third-order valence-corrected chi connectivity index (χ3v) is 2.96. The molecule has 1 aliphatic heterocycles. The largest absolute Gasteiger partial charge is 0.378 e. The van der Waals surface area contributed by atoms with E-state index in [2.05, 4.69) is 19.9 Å². The minimum atomic E-state index is 0.402. The number of hydrogen-bond donors (Lipinski definition) is 2. The highest BCUT2D eigenvalue weighted by Gasteiger charge is 2.16. The smallest absolute Gasteiger partial charge is 0.179 e. The topological polar surface area (TPSA) is 80.1 Å². The summed E-state index contributed by atoms with van der Waals surface area (Å²) >= 11 is 0. The molecule has 0 saturated carbocycles. The Balaban J connectivity index is 2.05. The molecule has 2 aromatic heterocycles. The fourth-order valence-corrected chi connectivity index (χ4v) is 2.11. The molecule has 90 valence electrons. The Kier molecular flexibility index (Phi) is 2.66. The Morgan fingerprint density at radius 1 is 1.41 bits per heavy atom. The first-order chi connectivity index (χ1) is 8.38. The van der Waals surface area contributed by atoms with Gasteiger partial charge in [0.15, 0.2) is 5.65 Å². The number of ether oxygens (including phenoxy) is 1. The molecule has 1 saturated heterocycles. The number of pyridine rings is 1. The van der Waals surface area contributed by atoms with E-state index in [0.29, 0.717) is 6.54 Å². The summed E-state index contributed by atoms with van der Waals surface area (Å²) in [6, 6.07) is 2.01. The van der Waals surface area contributed by atoms with Gasteiger partial charge in [-0.25, -0.2) is 9.97 Å². The molecule has 0 aliphatic carbocycles. The predicted molar refractivity (Wildman–Crippen MR) is 64.8 cm³/mol. The molecule has 3 N–H and O–H groups in total. The molecule has 17 heavy (non-hydrogen) atoms. The maximum Gasteiger partial charge on any atom is 0.179 e. The maximum absolute atomic E-state index is 5.59. The number of nitrogens with two attached hydrogens (primary N) is 1. The Hall–Kier alpha value is -1.66. The van der Waals surface area contributed by atoms with E-state index in [9.17, 15) is 0 Å². The number of hydrogen-bond acceptors (Lipinski definition) is 5. The van der Waals surface area contributed by atoms with Crippen LogP contribution in [0, 0.1) is 0 Å². The molecule has 3 heterocycles. The number of aromatic nitrogens is 3. The lowest BCUT2D eigenvalue weighted by Crippen LogP contribution is -2.36. The van der Waals surface area contributed by atoms with Crippen molar-refractivity contribution in [2.45, 2.75) is 6.54 Å². The van der Waals surface area contributed by atoms with Crippen LogP contribution < -0.4 is 10.6 Å². The van der Waals surface area contributed by atoms with Crippen molar-refractivity contribution in [3.63, 3.8) is 0 Å². The second-order valence-electron chi connectivity index (χ2n) is 4.02. The van der Waals surface area contributed by atoms with Crippen LogP contribution in [0.3, 0.4) is 0 Å². The van der Waals surface area contributed by atoms with Crippen molar-refractivity contribution in [1.82, 2.24) is 15.0 Å². The zero-order chi connectivity index (χ0) is 11.7. The lowest BCUT2D eigenvalue weighted by Gasteiger charge is -2.28. The van der Waals surface area contributed by atoms with E-state index in [0.717, 1.165) is 49.0 Å². The van der Waals surface area contributed by atoms with Gasteiger partial charge in [0.25, 0.3) is 0 Å². The number of fused-ring (bicyclic) bond motifs is 1. The second kappa shape index (κ2) is 4.31. The molecule has 0 bridgehead atoms. The Labute approximate surface area is 98.8 Å².